The molecule has 0 bridgehead atoms. The number of Topliss-reactive ketones (excluding diaryl/α,β-unsaturated/α-hetero) is 1. The second kappa shape index (κ2) is 4.91. The highest BCUT2D eigenvalue weighted by Crippen LogP contribution is 2.23. The van der Waals surface area contributed by atoms with Crippen molar-refractivity contribution in [3.8, 4) is 6.07 Å². The molecule has 2 atom stereocenters. The number of carbonyl (C=O) groups is 1. The molecule has 0 spiro atoms. The Balaban J connectivity index is 2.17. The lowest BCUT2D eigenvalue weighted by molar-refractivity contribution is -0.128. The predicted octanol–water partition coefficient (Wildman–Crippen LogP) is 2.04. The molecule has 16 heavy (non-hydrogen) atoms. The minimum absolute atomic E-state index is 0.105. The van der Waals surface area contributed by atoms with Crippen molar-refractivity contribution in [3.63, 3.8) is 0 Å². The molecule has 2 rings (SSSR count). The van der Waals surface area contributed by atoms with Crippen molar-refractivity contribution in [2.45, 2.75) is 24.9 Å². The maximum absolute atomic E-state index is 12.0. The fraction of sp³-hybridized carbons (Fsp3) is 0.385. The smallest absolute Gasteiger partial charge is 0.183 e. The minimum atomic E-state index is -0.690. The van der Waals surface area contributed by atoms with Gasteiger partial charge in [0, 0.05) is 6.61 Å². The molecule has 1 aromatic rings. The molecule has 1 fully saturated rings. The van der Waals surface area contributed by atoms with Crippen molar-refractivity contribution in [1.82, 2.24) is 0 Å². The molecule has 1 aliphatic rings. The van der Waals surface area contributed by atoms with Crippen LogP contribution in [0.15, 0.2) is 30.3 Å². The summed E-state index contributed by atoms with van der Waals surface area (Å²) in [5.41, 5.74) is 0.755. The summed E-state index contributed by atoms with van der Waals surface area (Å²) in [6, 6.07) is 11.2. The van der Waals surface area contributed by atoms with Gasteiger partial charge in [-0.3, -0.25) is 4.79 Å². The van der Waals surface area contributed by atoms with Gasteiger partial charge in [-0.25, -0.2) is 0 Å². The molecule has 1 aliphatic heterocycles. The fourth-order valence-electron chi connectivity index (χ4n) is 1.94. The zero-order valence-corrected chi connectivity index (χ0v) is 8.93. The van der Waals surface area contributed by atoms with Crippen LogP contribution in [0.3, 0.4) is 0 Å². The molecule has 0 radical (unpaired) electrons. The highest BCUT2D eigenvalue weighted by molar-refractivity contribution is 5.92. The first-order valence-electron chi connectivity index (χ1n) is 5.43. The largest absolute Gasteiger partial charge is 0.370 e. The number of rotatable bonds is 3. The van der Waals surface area contributed by atoms with Crippen molar-refractivity contribution in [2.75, 3.05) is 6.61 Å². The summed E-state index contributed by atoms with van der Waals surface area (Å²) < 4.78 is 5.32. The Labute approximate surface area is 94.6 Å². The molecular weight excluding hydrogens is 202 g/mol. The van der Waals surface area contributed by atoms with Gasteiger partial charge in [-0.15, -0.1) is 0 Å². The summed E-state index contributed by atoms with van der Waals surface area (Å²) in [4.78, 5) is 12.0. The third-order valence-corrected chi connectivity index (χ3v) is 2.79. The molecule has 1 heterocycles. The van der Waals surface area contributed by atoms with Gasteiger partial charge < -0.3 is 4.74 Å². The topological polar surface area (TPSA) is 50.1 Å². The van der Waals surface area contributed by atoms with Crippen molar-refractivity contribution >= 4 is 5.78 Å². The van der Waals surface area contributed by atoms with E-state index in [-0.39, 0.29) is 11.9 Å². The molecule has 0 aliphatic carbocycles. The van der Waals surface area contributed by atoms with E-state index in [2.05, 4.69) is 6.07 Å². The molecule has 0 N–H and O–H groups in total. The second-order valence-electron chi connectivity index (χ2n) is 3.88. The van der Waals surface area contributed by atoms with Crippen molar-refractivity contribution in [1.29, 1.82) is 5.26 Å². The molecule has 3 heteroatoms. The van der Waals surface area contributed by atoms with Gasteiger partial charge >= 0.3 is 0 Å². The van der Waals surface area contributed by atoms with Gasteiger partial charge in [0.15, 0.2) is 5.78 Å². The van der Waals surface area contributed by atoms with E-state index in [4.69, 9.17) is 10.00 Å². The zero-order valence-electron chi connectivity index (χ0n) is 8.93. The minimum Gasteiger partial charge on any atom is -0.370 e. The number of ketones is 1. The van der Waals surface area contributed by atoms with E-state index < -0.39 is 5.92 Å². The molecule has 82 valence electrons. The van der Waals surface area contributed by atoms with Crippen molar-refractivity contribution < 1.29 is 9.53 Å². The van der Waals surface area contributed by atoms with Crippen molar-refractivity contribution in [3.05, 3.63) is 35.9 Å². The number of nitrogens with zero attached hydrogens (tertiary/aromatic N) is 1. The molecule has 2 unspecified atom stereocenters. The quantitative estimate of drug-likeness (QED) is 0.775. The lowest BCUT2D eigenvalue weighted by Crippen LogP contribution is -2.25. The number of nitriles is 1. The van der Waals surface area contributed by atoms with Gasteiger partial charge in [-0.2, -0.15) is 5.26 Å². The van der Waals surface area contributed by atoms with Crippen LogP contribution >= 0.6 is 0 Å². The Morgan fingerprint density at radius 3 is 2.75 bits per heavy atom. The van der Waals surface area contributed by atoms with Gasteiger partial charge in [-0.1, -0.05) is 30.3 Å². The van der Waals surface area contributed by atoms with E-state index in [1.54, 1.807) is 12.1 Å². The van der Waals surface area contributed by atoms with Crippen LogP contribution in [0.5, 0.6) is 0 Å². The number of ether oxygens (including phenoxy) is 1. The fourth-order valence-corrected chi connectivity index (χ4v) is 1.94. The van der Waals surface area contributed by atoms with Crippen LogP contribution in [0.1, 0.15) is 24.3 Å². The first kappa shape index (κ1) is 10.8. The standard InChI is InChI=1S/C13H13NO2/c14-9-11(10-5-2-1-3-6-10)13(15)12-7-4-8-16-12/h1-3,5-6,11-12H,4,7-8H2. The average molecular weight is 215 g/mol. The van der Waals surface area contributed by atoms with Crippen LogP contribution in [0.25, 0.3) is 0 Å². The van der Waals surface area contributed by atoms with E-state index in [9.17, 15) is 4.79 Å². The summed E-state index contributed by atoms with van der Waals surface area (Å²) in [6.45, 7) is 0.628. The number of hydrogen-bond acceptors (Lipinski definition) is 3. The number of benzene rings is 1. The second-order valence-corrected chi connectivity index (χ2v) is 3.88. The molecule has 1 saturated heterocycles. The lowest BCUT2D eigenvalue weighted by Gasteiger charge is -2.13. The molecule has 3 nitrogen and oxygen atoms in total. The van der Waals surface area contributed by atoms with Gasteiger partial charge in [0.1, 0.15) is 12.0 Å². The SMILES string of the molecule is N#CC(C(=O)C1CCCO1)c1ccccc1. The third-order valence-electron chi connectivity index (χ3n) is 2.79. The number of hydrogen-bond donors (Lipinski definition) is 0. The Morgan fingerprint density at radius 1 is 1.44 bits per heavy atom. The first-order chi connectivity index (χ1) is 7.83. The monoisotopic (exact) mass is 215 g/mol. The first-order valence-corrected chi connectivity index (χ1v) is 5.43. The van der Waals surface area contributed by atoms with Crippen LogP contribution in [-0.4, -0.2) is 18.5 Å². The Hall–Kier alpha value is -1.66. The summed E-state index contributed by atoms with van der Waals surface area (Å²) in [7, 11) is 0. The third kappa shape index (κ3) is 2.12. The maximum atomic E-state index is 12.0. The molecule has 0 saturated carbocycles. The van der Waals surface area contributed by atoms with E-state index in [0.717, 1.165) is 18.4 Å². The van der Waals surface area contributed by atoms with Gasteiger partial charge in [0.05, 0.1) is 6.07 Å². The van der Waals surface area contributed by atoms with Crippen LogP contribution in [-0.2, 0) is 9.53 Å². The molecule has 0 amide bonds. The normalized spacial score (nSPS) is 21.3. The summed E-state index contributed by atoms with van der Waals surface area (Å²) in [6.07, 6.45) is 1.26. The summed E-state index contributed by atoms with van der Waals surface area (Å²) in [5.74, 6) is -0.796. The van der Waals surface area contributed by atoms with E-state index in [1.807, 2.05) is 18.2 Å². The Kier molecular flexibility index (Phi) is 3.33. The number of carbonyl (C=O) groups excluding carboxylic acids is 1. The van der Waals surface area contributed by atoms with Gasteiger partial charge in [-0.05, 0) is 18.4 Å². The lowest BCUT2D eigenvalue weighted by atomic mass is 9.92. The maximum Gasteiger partial charge on any atom is 0.183 e. The zero-order chi connectivity index (χ0) is 11.4. The summed E-state index contributed by atoms with van der Waals surface area (Å²) in [5, 5.41) is 9.08. The molecule has 0 aromatic heterocycles. The van der Waals surface area contributed by atoms with Crippen LogP contribution in [0, 0.1) is 11.3 Å². The van der Waals surface area contributed by atoms with Crippen LogP contribution in [0.4, 0.5) is 0 Å². The van der Waals surface area contributed by atoms with E-state index >= 15 is 0 Å². The van der Waals surface area contributed by atoms with Gasteiger partial charge in [0.25, 0.3) is 0 Å². The van der Waals surface area contributed by atoms with Crippen molar-refractivity contribution in [2.24, 2.45) is 0 Å². The predicted molar refractivity (Wildman–Crippen MR) is 58.8 cm³/mol. The van der Waals surface area contributed by atoms with Crippen LogP contribution in [0.2, 0.25) is 0 Å². The van der Waals surface area contributed by atoms with Gasteiger partial charge in [0.2, 0.25) is 0 Å². The highest BCUT2D eigenvalue weighted by Gasteiger charge is 2.31. The Bertz CT molecular complexity index is 402. The molecule has 1 aromatic carbocycles. The van der Waals surface area contributed by atoms with E-state index in [1.165, 1.54) is 0 Å². The average Bonchev–Trinajstić information content (AvgIpc) is 2.85. The summed E-state index contributed by atoms with van der Waals surface area (Å²) >= 11 is 0. The van der Waals surface area contributed by atoms with E-state index in [0.29, 0.717) is 6.61 Å². The molecular formula is C13H13NO2. The Morgan fingerprint density at radius 2 is 2.19 bits per heavy atom. The van der Waals surface area contributed by atoms with Crippen LogP contribution < -0.4 is 0 Å². The highest BCUT2D eigenvalue weighted by atomic mass is 16.5.